The maximum absolute atomic E-state index is 5.66. The second kappa shape index (κ2) is 7.60. The van der Waals surface area contributed by atoms with Gasteiger partial charge in [0, 0.05) is 18.4 Å². The molecule has 1 N–H and O–H groups in total. The van der Waals surface area contributed by atoms with Crippen molar-refractivity contribution in [2.75, 3.05) is 7.05 Å². The number of aryl methyl sites for hydroxylation is 1. The Morgan fingerprint density at radius 1 is 1.15 bits per heavy atom. The number of rotatable bonds is 7. The maximum atomic E-state index is 5.66. The van der Waals surface area contributed by atoms with E-state index in [1.54, 1.807) is 18.5 Å². The summed E-state index contributed by atoms with van der Waals surface area (Å²) in [6, 6.07) is 10.6. The first-order valence-corrected chi connectivity index (χ1v) is 6.93. The number of aromatic nitrogens is 2. The molecule has 2 rings (SSSR count). The molecule has 0 bridgehead atoms. The van der Waals surface area contributed by atoms with E-state index in [0.29, 0.717) is 18.5 Å². The van der Waals surface area contributed by atoms with Crippen molar-refractivity contribution in [3.8, 4) is 5.75 Å². The SMILES string of the molecule is CNC(C)CCc1ccc(OCc2ncccn2)cc1. The summed E-state index contributed by atoms with van der Waals surface area (Å²) < 4.78 is 5.66. The minimum Gasteiger partial charge on any atom is -0.486 e. The first-order valence-electron chi connectivity index (χ1n) is 6.93. The Labute approximate surface area is 120 Å². The molecule has 1 aromatic carbocycles. The van der Waals surface area contributed by atoms with Crippen LogP contribution < -0.4 is 10.1 Å². The molecule has 1 atom stereocenters. The van der Waals surface area contributed by atoms with Gasteiger partial charge < -0.3 is 10.1 Å². The lowest BCUT2D eigenvalue weighted by molar-refractivity contribution is 0.295. The Morgan fingerprint density at radius 2 is 1.85 bits per heavy atom. The second-order valence-corrected chi connectivity index (χ2v) is 4.83. The second-order valence-electron chi connectivity index (χ2n) is 4.83. The van der Waals surface area contributed by atoms with Gasteiger partial charge in [-0.1, -0.05) is 12.1 Å². The van der Waals surface area contributed by atoms with Gasteiger partial charge in [0.2, 0.25) is 0 Å². The van der Waals surface area contributed by atoms with E-state index >= 15 is 0 Å². The lowest BCUT2D eigenvalue weighted by Crippen LogP contribution is -2.21. The minimum atomic E-state index is 0.400. The summed E-state index contributed by atoms with van der Waals surface area (Å²) in [7, 11) is 1.99. The molecule has 0 spiro atoms. The Balaban J connectivity index is 1.82. The minimum absolute atomic E-state index is 0.400. The smallest absolute Gasteiger partial charge is 0.166 e. The van der Waals surface area contributed by atoms with Crippen molar-refractivity contribution in [3.05, 3.63) is 54.1 Å². The van der Waals surface area contributed by atoms with Gasteiger partial charge in [0.05, 0.1) is 0 Å². The Kier molecular flexibility index (Phi) is 5.50. The van der Waals surface area contributed by atoms with Crippen molar-refractivity contribution < 1.29 is 4.74 Å². The van der Waals surface area contributed by atoms with Gasteiger partial charge in [-0.15, -0.1) is 0 Å². The maximum Gasteiger partial charge on any atom is 0.166 e. The monoisotopic (exact) mass is 271 g/mol. The molecule has 1 heterocycles. The van der Waals surface area contributed by atoms with E-state index in [1.807, 2.05) is 19.2 Å². The molecule has 0 fully saturated rings. The van der Waals surface area contributed by atoms with Crippen LogP contribution >= 0.6 is 0 Å². The zero-order valence-electron chi connectivity index (χ0n) is 12.0. The molecular weight excluding hydrogens is 250 g/mol. The molecule has 4 heteroatoms. The lowest BCUT2D eigenvalue weighted by atomic mass is 10.1. The molecular formula is C16H21N3O. The molecule has 0 aliphatic carbocycles. The summed E-state index contributed by atoms with van der Waals surface area (Å²) in [5.41, 5.74) is 1.33. The standard InChI is InChI=1S/C16H21N3O/c1-13(17-2)4-5-14-6-8-15(9-7-14)20-12-16-18-10-3-11-19-16/h3,6-11,13,17H,4-5,12H2,1-2H3. The summed E-state index contributed by atoms with van der Waals surface area (Å²) in [5.74, 6) is 1.54. The van der Waals surface area contributed by atoms with Crippen molar-refractivity contribution in [2.24, 2.45) is 0 Å². The molecule has 0 aliphatic rings. The van der Waals surface area contributed by atoms with Gasteiger partial charge in [-0.2, -0.15) is 0 Å². The third-order valence-electron chi connectivity index (χ3n) is 3.27. The van der Waals surface area contributed by atoms with E-state index in [4.69, 9.17) is 4.74 Å². The first-order chi connectivity index (χ1) is 9.78. The zero-order valence-corrected chi connectivity index (χ0v) is 12.0. The first kappa shape index (κ1) is 14.5. The molecule has 0 radical (unpaired) electrons. The molecule has 1 unspecified atom stereocenters. The van der Waals surface area contributed by atoms with Gasteiger partial charge >= 0.3 is 0 Å². The summed E-state index contributed by atoms with van der Waals surface area (Å²) in [6.07, 6.45) is 5.65. The van der Waals surface area contributed by atoms with E-state index in [2.05, 4.69) is 34.3 Å². The third kappa shape index (κ3) is 4.63. The third-order valence-corrected chi connectivity index (χ3v) is 3.27. The van der Waals surface area contributed by atoms with Gasteiger partial charge in [-0.25, -0.2) is 9.97 Å². The van der Waals surface area contributed by atoms with Gasteiger partial charge in [0.1, 0.15) is 12.4 Å². The highest BCUT2D eigenvalue weighted by Gasteiger charge is 2.01. The van der Waals surface area contributed by atoms with Crippen molar-refractivity contribution in [1.29, 1.82) is 0 Å². The zero-order chi connectivity index (χ0) is 14.2. The van der Waals surface area contributed by atoms with Crippen molar-refractivity contribution in [2.45, 2.75) is 32.4 Å². The fourth-order valence-corrected chi connectivity index (χ4v) is 1.83. The van der Waals surface area contributed by atoms with E-state index in [0.717, 1.165) is 18.6 Å². The fraction of sp³-hybridized carbons (Fsp3) is 0.375. The molecule has 20 heavy (non-hydrogen) atoms. The highest BCUT2D eigenvalue weighted by molar-refractivity contribution is 5.27. The van der Waals surface area contributed by atoms with Crippen molar-refractivity contribution in [3.63, 3.8) is 0 Å². The summed E-state index contributed by atoms with van der Waals surface area (Å²) >= 11 is 0. The van der Waals surface area contributed by atoms with E-state index in [9.17, 15) is 0 Å². The van der Waals surface area contributed by atoms with Crippen LogP contribution in [0.2, 0.25) is 0 Å². The van der Waals surface area contributed by atoms with Crippen LogP contribution in [-0.4, -0.2) is 23.1 Å². The number of ether oxygens (including phenoxy) is 1. The number of benzene rings is 1. The predicted octanol–water partition coefficient (Wildman–Crippen LogP) is 2.60. The van der Waals surface area contributed by atoms with Crippen molar-refractivity contribution >= 4 is 0 Å². The fourth-order valence-electron chi connectivity index (χ4n) is 1.83. The lowest BCUT2D eigenvalue weighted by Gasteiger charge is -2.10. The van der Waals surface area contributed by atoms with E-state index in [-0.39, 0.29) is 0 Å². The Bertz CT molecular complexity index is 499. The van der Waals surface area contributed by atoms with Crippen LogP contribution in [0.5, 0.6) is 5.75 Å². The summed E-state index contributed by atoms with van der Waals surface area (Å²) in [4.78, 5) is 8.25. The van der Waals surface area contributed by atoms with Crippen LogP contribution in [-0.2, 0) is 13.0 Å². The summed E-state index contributed by atoms with van der Waals surface area (Å²) in [6.45, 7) is 2.59. The van der Waals surface area contributed by atoms with Crippen LogP contribution in [0.3, 0.4) is 0 Å². The highest BCUT2D eigenvalue weighted by Crippen LogP contribution is 2.14. The Morgan fingerprint density at radius 3 is 2.50 bits per heavy atom. The normalized spacial score (nSPS) is 12.1. The highest BCUT2D eigenvalue weighted by atomic mass is 16.5. The van der Waals surface area contributed by atoms with Crippen LogP contribution in [0.1, 0.15) is 24.7 Å². The number of hydrogen-bond acceptors (Lipinski definition) is 4. The molecule has 1 aromatic heterocycles. The van der Waals surface area contributed by atoms with Crippen LogP contribution in [0.4, 0.5) is 0 Å². The van der Waals surface area contributed by atoms with Crippen LogP contribution in [0.15, 0.2) is 42.7 Å². The van der Waals surface area contributed by atoms with Gasteiger partial charge in [0.25, 0.3) is 0 Å². The van der Waals surface area contributed by atoms with E-state index in [1.165, 1.54) is 5.56 Å². The van der Waals surface area contributed by atoms with Gasteiger partial charge in [0.15, 0.2) is 5.82 Å². The summed E-state index contributed by atoms with van der Waals surface area (Å²) in [5, 5.41) is 3.25. The molecule has 106 valence electrons. The van der Waals surface area contributed by atoms with E-state index < -0.39 is 0 Å². The van der Waals surface area contributed by atoms with Gasteiger partial charge in [-0.3, -0.25) is 0 Å². The molecule has 0 amide bonds. The molecule has 0 saturated carbocycles. The molecule has 4 nitrogen and oxygen atoms in total. The average molecular weight is 271 g/mol. The molecule has 0 aliphatic heterocycles. The average Bonchev–Trinajstić information content (AvgIpc) is 2.52. The van der Waals surface area contributed by atoms with Gasteiger partial charge in [-0.05, 0) is 50.6 Å². The quantitative estimate of drug-likeness (QED) is 0.841. The topological polar surface area (TPSA) is 47.0 Å². The van der Waals surface area contributed by atoms with Crippen LogP contribution in [0, 0.1) is 0 Å². The molecule has 0 saturated heterocycles. The largest absolute Gasteiger partial charge is 0.486 e. The number of nitrogens with one attached hydrogen (secondary N) is 1. The Hall–Kier alpha value is -1.94. The predicted molar refractivity (Wildman–Crippen MR) is 79.6 cm³/mol. The molecule has 2 aromatic rings. The van der Waals surface area contributed by atoms with Crippen LogP contribution in [0.25, 0.3) is 0 Å². The number of hydrogen-bond donors (Lipinski definition) is 1. The number of nitrogens with zero attached hydrogens (tertiary/aromatic N) is 2. The van der Waals surface area contributed by atoms with Crippen molar-refractivity contribution in [1.82, 2.24) is 15.3 Å².